The van der Waals surface area contributed by atoms with Gasteiger partial charge in [-0.2, -0.15) is 5.10 Å². The van der Waals surface area contributed by atoms with Gasteiger partial charge in [-0.15, -0.1) is 0 Å². The molecule has 5 nitrogen and oxygen atoms in total. The number of anilines is 1. The second-order valence-electron chi connectivity index (χ2n) is 6.07. The van der Waals surface area contributed by atoms with E-state index in [1.165, 1.54) is 0 Å². The zero-order chi connectivity index (χ0) is 17.8. The summed E-state index contributed by atoms with van der Waals surface area (Å²) in [7, 11) is 0. The van der Waals surface area contributed by atoms with Gasteiger partial charge in [-0.05, 0) is 50.6 Å². The van der Waals surface area contributed by atoms with Crippen LogP contribution in [0.25, 0.3) is 5.69 Å². The summed E-state index contributed by atoms with van der Waals surface area (Å²) >= 11 is 0. The van der Waals surface area contributed by atoms with Crippen LogP contribution in [0.15, 0.2) is 54.6 Å². The van der Waals surface area contributed by atoms with Crippen LogP contribution in [0.2, 0.25) is 0 Å². The number of aryl methyl sites for hydroxylation is 2. The van der Waals surface area contributed by atoms with Crippen LogP contribution in [0.5, 0.6) is 0 Å². The molecule has 5 heteroatoms. The Bertz CT molecular complexity index is 884. The number of carbonyl (C=O) groups excluding carboxylic acids is 1. The molecule has 0 aliphatic rings. The summed E-state index contributed by atoms with van der Waals surface area (Å²) in [5.74, 6) is 0. The van der Waals surface area contributed by atoms with Gasteiger partial charge in [0, 0.05) is 23.5 Å². The van der Waals surface area contributed by atoms with Gasteiger partial charge in [0.05, 0.1) is 11.4 Å². The van der Waals surface area contributed by atoms with Crippen molar-refractivity contribution < 1.29 is 4.79 Å². The summed E-state index contributed by atoms with van der Waals surface area (Å²) < 4.78 is 1.91. The molecule has 2 aromatic carbocycles. The summed E-state index contributed by atoms with van der Waals surface area (Å²) in [6, 6.07) is 17.5. The molecule has 2 N–H and O–H groups in total. The zero-order valence-electron chi connectivity index (χ0n) is 14.7. The van der Waals surface area contributed by atoms with E-state index in [-0.39, 0.29) is 6.03 Å². The smallest absolute Gasteiger partial charge is 0.319 e. The summed E-state index contributed by atoms with van der Waals surface area (Å²) in [6.45, 7) is 6.40. The highest BCUT2D eigenvalue weighted by Crippen LogP contribution is 2.17. The van der Waals surface area contributed by atoms with Gasteiger partial charge in [-0.25, -0.2) is 9.48 Å². The lowest BCUT2D eigenvalue weighted by atomic mass is 10.2. The fourth-order valence-electron chi connectivity index (χ4n) is 2.82. The van der Waals surface area contributed by atoms with Crippen molar-refractivity contribution in [2.75, 3.05) is 5.32 Å². The van der Waals surface area contributed by atoms with Gasteiger partial charge in [0.15, 0.2) is 0 Å². The molecular formula is C20H22N4O. The maximum atomic E-state index is 12.1. The average molecular weight is 334 g/mol. The number of amides is 2. The van der Waals surface area contributed by atoms with Crippen LogP contribution < -0.4 is 10.6 Å². The largest absolute Gasteiger partial charge is 0.334 e. The zero-order valence-corrected chi connectivity index (χ0v) is 14.7. The van der Waals surface area contributed by atoms with Crippen molar-refractivity contribution in [2.45, 2.75) is 27.3 Å². The minimum atomic E-state index is -0.225. The Labute approximate surface area is 147 Å². The standard InChI is InChI=1S/C20H22N4O/c1-14-8-7-9-17(12-14)22-20(25)21-13-19-15(2)23-24(16(19)3)18-10-5-4-6-11-18/h4-12H,13H2,1-3H3,(H2,21,22,25). The molecule has 0 atom stereocenters. The van der Waals surface area contributed by atoms with Crippen molar-refractivity contribution in [2.24, 2.45) is 0 Å². The summed E-state index contributed by atoms with van der Waals surface area (Å²) in [4.78, 5) is 12.1. The Balaban J connectivity index is 1.69. The predicted molar refractivity (Wildman–Crippen MR) is 100 cm³/mol. The fourth-order valence-corrected chi connectivity index (χ4v) is 2.82. The van der Waals surface area contributed by atoms with Gasteiger partial charge in [-0.1, -0.05) is 30.3 Å². The number of hydrogen-bond acceptors (Lipinski definition) is 2. The van der Waals surface area contributed by atoms with Gasteiger partial charge in [-0.3, -0.25) is 0 Å². The minimum Gasteiger partial charge on any atom is -0.334 e. The SMILES string of the molecule is Cc1cccc(NC(=O)NCc2c(C)nn(-c3ccccc3)c2C)c1. The molecule has 1 aromatic heterocycles. The number of nitrogens with zero attached hydrogens (tertiary/aromatic N) is 2. The first-order valence-corrected chi connectivity index (χ1v) is 8.26. The first-order chi connectivity index (χ1) is 12.0. The second-order valence-corrected chi connectivity index (χ2v) is 6.07. The first kappa shape index (κ1) is 16.8. The van der Waals surface area contributed by atoms with E-state index in [0.29, 0.717) is 6.54 Å². The molecular weight excluding hydrogens is 312 g/mol. The third-order valence-electron chi connectivity index (χ3n) is 4.14. The average Bonchev–Trinajstić information content (AvgIpc) is 2.88. The van der Waals surface area contributed by atoms with E-state index in [9.17, 15) is 4.79 Å². The maximum Gasteiger partial charge on any atom is 0.319 e. The van der Waals surface area contributed by atoms with Gasteiger partial charge >= 0.3 is 6.03 Å². The quantitative estimate of drug-likeness (QED) is 0.754. The van der Waals surface area contributed by atoms with Crippen molar-refractivity contribution in [1.82, 2.24) is 15.1 Å². The number of carbonyl (C=O) groups is 1. The van der Waals surface area contributed by atoms with E-state index in [1.54, 1.807) is 0 Å². The van der Waals surface area contributed by atoms with Crippen LogP contribution in [0, 0.1) is 20.8 Å². The van der Waals surface area contributed by atoms with E-state index in [2.05, 4.69) is 15.7 Å². The van der Waals surface area contributed by atoms with Crippen molar-refractivity contribution in [3.63, 3.8) is 0 Å². The van der Waals surface area contributed by atoms with Crippen LogP contribution in [-0.4, -0.2) is 15.8 Å². The van der Waals surface area contributed by atoms with Gasteiger partial charge in [0.25, 0.3) is 0 Å². The van der Waals surface area contributed by atoms with Gasteiger partial charge < -0.3 is 10.6 Å². The summed E-state index contributed by atoms with van der Waals surface area (Å²) in [5.41, 5.74) is 5.87. The van der Waals surface area contributed by atoms with Gasteiger partial charge in [0.1, 0.15) is 0 Å². The Morgan fingerprint density at radius 2 is 1.80 bits per heavy atom. The molecule has 0 radical (unpaired) electrons. The molecule has 2 amide bonds. The molecule has 0 saturated heterocycles. The Hall–Kier alpha value is -3.08. The van der Waals surface area contributed by atoms with Crippen LogP contribution in [-0.2, 0) is 6.54 Å². The van der Waals surface area contributed by atoms with E-state index in [4.69, 9.17) is 0 Å². The summed E-state index contributed by atoms with van der Waals surface area (Å²) in [6.07, 6.45) is 0. The third-order valence-corrected chi connectivity index (χ3v) is 4.14. The normalized spacial score (nSPS) is 10.5. The Morgan fingerprint density at radius 3 is 2.52 bits per heavy atom. The highest BCUT2D eigenvalue weighted by Gasteiger charge is 2.13. The molecule has 0 aliphatic heterocycles. The molecule has 0 aliphatic carbocycles. The molecule has 128 valence electrons. The first-order valence-electron chi connectivity index (χ1n) is 8.26. The summed E-state index contributed by atoms with van der Waals surface area (Å²) in [5, 5.41) is 10.4. The predicted octanol–water partition coefficient (Wildman–Crippen LogP) is 4.12. The number of aromatic nitrogens is 2. The molecule has 0 unspecified atom stereocenters. The maximum absolute atomic E-state index is 12.1. The minimum absolute atomic E-state index is 0.225. The second kappa shape index (κ2) is 7.21. The Kier molecular flexibility index (Phi) is 4.84. The van der Waals surface area contributed by atoms with Crippen LogP contribution in [0.4, 0.5) is 10.5 Å². The van der Waals surface area contributed by atoms with E-state index >= 15 is 0 Å². The van der Waals surface area contributed by atoms with Gasteiger partial charge in [0.2, 0.25) is 0 Å². The number of nitrogens with one attached hydrogen (secondary N) is 2. The topological polar surface area (TPSA) is 59.0 Å². The van der Waals surface area contributed by atoms with Crippen molar-refractivity contribution in [3.05, 3.63) is 77.1 Å². The number of benzene rings is 2. The molecule has 3 rings (SSSR count). The number of urea groups is 1. The van der Waals surface area contributed by atoms with Crippen LogP contribution >= 0.6 is 0 Å². The molecule has 3 aromatic rings. The van der Waals surface area contributed by atoms with Crippen LogP contribution in [0.3, 0.4) is 0 Å². The third kappa shape index (κ3) is 3.88. The Morgan fingerprint density at radius 1 is 1.04 bits per heavy atom. The number of hydrogen-bond donors (Lipinski definition) is 2. The molecule has 0 saturated carbocycles. The lowest BCUT2D eigenvalue weighted by Crippen LogP contribution is -2.28. The van der Waals surface area contributed by atoms with Crippen LogP contribution in [0.1, 0.15) is 22.5 Å². The number of para-hydroxylation sites is 1. The highest BCUT2D eigenvalue weighted by atomic mass is 16.2. The fraction of sp³-hybridized carbons (Fsp3) is 0.200. The van der Waals surface area contributed by atoms with E-state index in [1.807, 2.05) is 80.1 Å². The molecule has 25 heavy (non-hydrogen) atoms. The van der Waals surface area contributed by atoms with Crippen molar-refractivity contribution >= 4 is 11.7 Å². The number of rotatable bonds is 4. The van der Waals surface area contributed by atoms with E-state index < -0.39 is 0 Å². The van der Waals surface area contributed by atoms with Crippen molar-refractivity contribution in [3.8, 4) is 5.69 Å². The monoisotopic (exact) mass is 334 g/mol. The van der Waals surface area contributed by atoms with Crippen molar-refractivity contribution in [1.29, 1.82) is 0 Å². The molecule has 0 bridgehead atoms. The molecule has 0 spiro atoms. The lowest BCUT2D eigenvalue weighted by molar-refractivity contribution is 0.251. The van der Waals surface area contributed by atoms with E-state index in [0.717, 1.165) is 33.9 Å². The molecule has 1 heterocycles. The lowest BCUT2D eigenvalue weighted by Gasteiger charge is -2.09. The molecule has 0 fully saturated rings. The highest BCUT2D eigenvalue weighted by molar-refractivity contribution is 5.89.